The van der Waals surface area contributed by atoms with Crippen LogP contribution in [0.2, 0.25) is 0 Å². The van der Waals surface area contributed by atoms with Crippen molar-refractivity contribution in [2.24, 2.45) is 0 Å². The number of nitrogens with two attached hydrogens (primary N) is 1. The van der Waals surface area contributed by atoms with Gasteiger partial charge < -0.3 is 5.73 Å². The summed E-state index contributed by atoms with van der Waals surface area (Å²) < 4.78 is 41.1. The molecular weight excluding hydrogens is 319 g/mol. The second-order valence-electron chi connectivity index (χ2n) is 5.28. The zero-order valence-corrected chi connectivity index (χ0v) is 12.7. The van der Waals surface area contributed by atoms with Gasteiger partial charge >= 0.3 is 6.18 Å². The molecule has 0 amide bonds. The molecule has 8 heteroatoms. The van der Waals surface area contributed by atoms with Gasteiger partial charge in [-0.05, 0) is 18.6 Å². The van der Waals surface area contributed by atoms with Crippen LogP contribution in [-0.4, -0.2) is 19.7 Å². The zero-order valence-electron chi connectivity index (χ0n) is 12.7. The number of hydrogen-bond donors (Lipinski definition) is 1. The van der Waals surface area contributed by atoms with Crippen LogP contribution in [0.3, 0.4) is 0 Å². The Bertz CT molecular complexity index is 825. The lowest BCUT2D eigenvalue weighted by atomic mass is 10.1. The molecule has 24 heavy (non-hydrogen) atoms. The number of nitrogens with zero attached hydrogens (tertiary/aromatic N) is 4. The second-order valence-corrected chi connectivity index (χ2v) is 5.28. The van der Waals surface area contributed by atoms with Gasteiger partial charge in [-0.25, -0.2) is 9.97 Å². The van der Waals surface area contributed by atoms with Crippen LogP contribution in [0.15, 0.2) is 48.8 Å². The minimum atomic E-state index is -4.54. The third-order valence-electron chi connectivity index (χ3n) is 3.58. The Morgan fingerprint density at radius 1 is 1.08 bits per heavy atom. The molecule has 2 heterocycles. The van der Waals surface area contributed by atoms with Crippen molar-refractivity contribution in [2.45, 2.75) is 19.1 Å². The summed E-state index contributed by atoms with van der Waals surface area (Å²) in [4.78, 5) is 7.88. The lowest BCUT2D eigenvalue weighted by molar-refractivity contribution is -0.144. The number of anilines is 1. The van der Waals surface area contributed by atoms with Gasteiger partial charge in [-0.1, -0.05) is 30.3 Å². The van der Waals surface area contributed by atoms with Crippen LogP contribution >= 0.6 is 0 Å². The van der Waals surface area contributed by atoms with E-state index >= 15 is 0 Å². The van der Waals surface area contributed by atoms with Crippen LogP contribution in [0.1, 0.15) is 24.2 Å². The number of halogens is 3. The summed E-state index contributed by atoms with van der Waals surface area (Å²) >= 11 is 0. The van der Waals surface area contributed by atoms with E-state index in [1.807, 2.05) is 0 Å². The summed E-state index contributed by atoms with van der Waals surface area (Å²) in [6.45, 7) is 1.66. The fraction of sp³-hybridized carbons (Fsp3) is 0.188. The Labute approximate surface area is 136 Å². The molecule has 0 saturated carbocycles. The van der Waals surface area contributed by atoms with Crippen molar-refractivity contribution in [1.29, 1.82) is 0 Å². The second kappa shape index (κ2) is 5.95. The van der Waals surface area contributed by atoms with Crippen LogP contribution in [0.25, 0.3) is 11.5 Å². The fourth-order valence-electron chi connectivity index (χ4n) is 2.35. The van der Waals surface area contributed by atoms with Gasteiger partial charge in [0.15, 0.2) is 5.82 Å². The Kier molecular flexibility index (Phi) is 3.96. The molecule has 1 atom stereocenters. The maximum atomic E-state index is 13.4. The van der Waals surface area contributed by atoms with Crippen LogP contribution in [-0.2, 0) is 6.18 Å². The molecule has 0 aliphatic rings. The van der Waals surface area contributed by atoms with Crippen molar-refractivity contribution in [1.82, 2.24) is 19.7 Å². The quantitative estimate of drug-likeness (QED) is 0.796. The Balaban J connectivity index is 2.09. The number of aromatic nitrogens is 4. The highest BCUT2D eigenvalue weighted by atomic mass is 19.4. The molecule has 5 nitrogen and oxygen atoms in total. The van der Waals surface area contributed by atoms with E-state index in [1.54, 1.807) is 37.3 Å². The zero-order chi connectivity index (χ0) is 17.3. The smallest absolute Gasteiger partial charge is 0.396 e. The summed E-state index contributed by atoms with van der Waals surface area (Å²) in [6, 6.07) is 9.21. The van der Waals surface area contributed by atoms with Gasteiger partial charge in [0.1, 0.15) is 11.4 Å². The SMILES string of the molecule is CC(c1ccccc1)n1nc(-c2ncc(N)cn2)cc1C(F)(F)F. The van der Waals surface area contributed by atoms with Crippen LogP contribution < -0.4 is 5.73 Å². The molecule has 0 radical (unpaired) electrons. The largest absolute Gasteiger partial charge is 0.433 e. The molecule has 1 unspecified atom stereocenters. The summed E-state index contributed by atoms with van der Waals surface area (Å²) in [5, 5.41) is 4.08. The van der Waals surface area contributed by atoms with Gasteiger partial charge in [-0.2, -0.15) is 18.3 Å². The Morgan fingerprint density at radius 3 is 2.29 bits per heavy atom. The van der Waals surface area contributed by atoms with Crippen molar-refractivity contribution in [3.63, 3.8) is 0 Å². The highest BCUT2D eigenvalue weighted by Gasteiger charge is 2.37. The van der Waals surface area contributed by atoms with E-state index in [0.717, 1.165) is 16.3 Å². The Hall–Kier alpha value is -2.90. The van der Waals surface area contributed by atoms with Gasteiger partial charge in [-0.3, -0.25) is 4.68 Å². The number of nitrogen functional groups attached to an aromatic ring is 1. The van der Waals surface area contributed by atoms with Crippen molar-refractivity contribution in [3.05, 3.63) is 60.0 Å². The first-order valence-electron chi connectivity index (χ1n) is 7.16. The lowest BCUT2D eigenvalue weighted by Crippen LogP contribution is -2.18. The van der Waals surface area contributed by atoms with Crippen LogP contribution in [0.5, 0.6) is 0 Å². The van der Waals surface area contributed by atoms with Crippen molar-refractivity contribution in [2.75, 3.05) is 5.73 Å². The number of benzene rings is 1. The highest BCUT2D eigenvalue weighted by Crippen LogP contribution is 2.34. The predicted octanol–water partition coefficient (Wildman–Crippen LogP) is 3.55. The summed E-state index contributed by atoms with van der Waals surface area (Å²) in [5.41, 5.74) is 5.74. The number of hydrogen-bond acceptors (Lipinski definition) is 4. The summed E-state index contributed by atoms with van der Waals surface area (Å²) in [6.07, 6.45) is -1.88. The molecule has 0 saturated heterocycles. The van der Waals surface area contributed by atoms with Crippen molar-refractivity contribution in [3.8, 4) is 11.5 Å². The average molecular weight is 333 g/mol. The average Bonchev–Trinajstić information content (AvgIpc) is 3.01. The van der Waals surface area contributed by atoms with Gasteiger partial charge in [0.2, 0.25) is 0 Å². The lowest BCUT2D eigenvalue weighted by Gasteiger charge is -2.17. The van der Waals surface area contributed by atoms with E-state index in [1.165, 1.54) is 12.4 Å². The molecule has 0 spiro atoms. The third-order valence-corrected chi connectivity index (χ3v) is 3.58. The van der Waals surface area contributed by atoms with Gasteiger partial charge in [0, 0.05) is 0 Å². The van der Waals surface area contributed by atoms with Crippen LogP contribution in [0, 0.1) is 0 Å². The van der Waals surface area contributed by atoms with Crippen LogP contribution in [0.4, 0.5) is 18.9 Å². The summed E-state index contributed by atoms with van der Waals surface area (Å²) in [7, 11) is 0. The topological polar surface area (TPSA) is 69.6 Å². The molecule has 3 rings (SSSR count). The molecule has 2 aromatic heterocycles. The standard InChI is InChI=1S/C16H14F3N5/c1-10(11-5-3-2-4-6-11)24-14(16(17,18)19)7-13(23-24)15-21-8-12(20)9-22-15/h2-10H,20H2,1H3. The van der Waals surface area contributed by atoms with E-state index in [9.17, 15) is 13.2 Å². The molecule has 0 aliphatic carbocycles. The summed E-state index contributed by atoms with van der Waals surface area (Å²) in [5.74, 6) is 0.0914. The normalized spacial score (nSPS) is 13.0. The third kappa shape index (κ3) is 3.08. The van der Waals surface area contributed by atoms with E-state index in [0.29, 0.717) is 5.69 Å². The number of alkyl halides is 3. The molecule has 124 valence electrons. The molecule has 3 aromatic rings. The molecule has 0 aliphatic heterocycles. The maximum absolute atomic E-state index is 13.4. The fourth-order valence-corrected chi connectivity index (χ4v) is 2.35. The first kappa shape index (κ1) is 16.0. The molecule has 1 aromatic carbocycles. The first-order valence-corrected chi connectivity index (χ1v) is 7.16. The molecule has 0 bridgehead atoms. The predicted molar refractivity (Wildman–Crippen MR) is 82.9 cm³/mol. The van der Waals surface area contributed by atoms with E-state index < -0.39 is 17.9 Å². The van der Waals surface area contributed by atoms with Crippen molar-refractivity contribution < 1.29 is 13.2 Å². The highest BCUT2D eigenvalue weighted by molar-refractivity contribution is 5.51. The molecule has 2 N–H and O–H groups in total. The minimum absolute atomic E-state index is 0.0464. The van der Waals surface area contributed by atoms with E-state index in [4.69, 9.17) is 5.73 Å². The molecular formula is C16H14F3N5. The van der Waals surface area contributed by atoms with Gasteiger partial charge in [0.05, 0.1) is 24.1 Å². The minimum Gasteiger partial charge on any atom is -0.396 e. The van der Waals surface area contributed by atoms with Gasteiger partial charge in [-0.15, -0.1) is 0 Å². The monoisotopic (exact) mass is 333 g/mol. The Morgan fingerprint density at radius 2 is 1.71 bits per heavy atom. The van der Waals surface area contributed by atoms with Gasteiger partial charge in [0.25, 0.3) is 0 Å². The van der Waals surface area contributed by atoms with E-state index in [2.05, 4.69) is 15.1 Å². The van der Waals surface area contributed by atoms with Crippen molar-refractivity contribution >= 4 is 5.69 Å². The number of rotatable bonds is 3. The maximum Gasteiger partial charge on any atom is 0.433 e. The molecule has 0 fully saturated rings. The van der Waals surface area contributed by atoms with E-state index in [-0.39, 0.29) is 11.5 Å². The first-order chi connectivity index (χ1) is 11.4.